The number of aromatic carboxylic acids is 1. The van der Waals surface area contributed by atoms with Gasteiger partial charge in [0.1, 0.15) is 5.75 Å². The number of carbonyl (C=O) groups is 1. The number of nitrogens with zero attached hydrogens (tertiary/aromatic N) is 1. The van der Waals surface area contributed by atoms with Gasteiger partial charge in [0.25, 0.3) is 0 Å². The fraction of sp³-hybridized carbons (Fsp3) is 0.143. The number of aromatic nitrogens is 1. The van der Waals surface area contributed by atoms with E-state index in [2.05, 4.69) is 10.3 Å². The van der Waals surface area contributed by atoms with Crippen LogP contribution in [0.3, 0.4) is 0 Å². The molecule has 2 aromatic rings. The number of hydrogen-bond acceptors (Lipinski definition) is 5. The summed E-state index contributed by atoms with van der Waals surface area (Å²) in [4.78, 5) is 14.9. The first-order valence-corrected chi connectivity index (χ1v) is 5.92. The van der Waals surface area contributed by atoms with Gasteiger partial charge in [0.15, 0.2) is 11.5 Å². The molecule has 0 fully saturated rings. The summed E-state index contributed by atoms with van der Waals surface area (Å²) in [6.45, 7) is 1.91. The number of aryl methyl sites for hydroxylation is 1. The van der Waals surface area contributed by atoms with Gasteiger partial charge in [0.05, 0.1) is 12.8 Å². The number of nitrogen functional groups attached to an aromatic ring is 1. The predicted octanol–water partition coefficient (Wildman–Crippen LogP) is 2.42. The smallest absolute Gasteiger partial charge is 0.354 e. The molecule has 0 saturated carbocycles. The Morgan fingerprint density at radius 1 is 1.35 bits per heavy atom. The fourth-order valence-electron chi connectivity index (χ4n) is 1.78. The molecular weight excluding hydrogens is 258 g/mol. The van der Waals surface area contributed by atoms with Crippen LogP contribution in [0, 0.1) is 6.92 Å². The van der Waals surface area contributed by atoms with E-state index < -0.39 is 5.97 Å². The van der Waals surface area contributed by atoms with Gasteiger partial charge in [-0.2, -0.15) is 0 Å². The largest absolute Gasteiger partial charge is 0.496 e. The summed E-state index contributed by atoms with van der Waals surface area (Å²) >= 11 is 0. The quantitative estimate of drug-likeness (QED) is 0.791. The second-order valence-electron chi connectivity index (χ2n) is 4.25. The molecule has 6 nitrogen and oxygen atoms in total. The Labute approximate surface area is 116 Å². The Bertz CT molecular complexity index is 656. The van der Waals surface area contributed by atoms with E-state index in [1.54, 1.807) is 13.2 Å². The third-order valence-electron chi connectivity index (χ3n) is 2.80. The monoisotopic (exact) mass is 273 g/mol. The molecule has 0 spiro atoms. The van der Waals surface area contributed by atoms with Crippen LogP contribution in [0.15, 0.2) is 30.3 Å². The van der Waals surface area contributed by atoms with Gasteiger partial charge in [0.2, 0.25) is 0 Å². The zero-order valence-electron chi connectivity index (χ0n) is 11.2. The Morgan fingerprint density at radius 2 is 2.10 bits per heavy atom. The lowest BCUT2D eigenvalue weighted by Crippen LogP contribution is -2.06. The minimum absolute atomic E-state index is 0.0630. The van der Waals surface area contributed by atoms with E-state index in [9.17, 15) is 4.79 Å². The summed E-state index contributed by atoms with van der Waals surface area (Å²) in [7, 11) is 1.60. The maximum atomic E-state index is 10.9. The number of benzene rings is 1. The Balaban J connectivity index is 2.32. The minimum Gasteiger partial charge on any atom is -0.496 e. The number of hydrogen-bond donors (Lipinski definition) is 3. The average Bonchev–Trinajstić information content (AvgIpc) is 2.41. The summed E-state index contributed by atoms with van der Waals surface area (Å²) in [5, 5.41) is 11.9. The van der Waals surface area contributed by atoms with Crippen molar-refractivity contribution in [2.24, 2.45) is 0 Å². The molecular formula is C14H15N3O3. The van der Waals surface area contributed by atoms with Crippen molar-refractivity contribution in [2.45, 2.75) is 6.92 Å². The molecule has 0 unspecified atom stereocenters. The van der Waals surface area contributed by atoms with Crippen molar-refractivity contribution in [3.63, 3.8) is 0 Å². The molecule has 0 atom stereocenters. The highest BCUT2D eigenvalue weighted by Crippen LogP contribution is 2.25. The third-order valence-corrected chi connectivity index (χ3v) is 2.80. The van der Waals surface area contributed by atoms with Crippen molar-refractivity contribution < 1.29 is 14.6 Å². The number of anilines is 3. The molecule has 4 N–H and O–H groups in total. The molecule has 1 aromatic heterocycles. The van der Waals surface area contributed by atoms with Crippen LogP contribution in [0.4, 0.5) is 17.2 Å². The van der Waals surface area contributed by atoms with Crippen LogP contribution in [0.1, 0.15) is 16.1 Å². The molecule has 104 valence electrons. The first-order valence-electron chi connectivity index (χ1n) is 5.92. The molecule has 0 radical (unpaired) electrons. The van der Waals surface area contributed by atoms with Crippen molar-refractivity contribution in [3.05, 3.63) is 41.6 Å². The first kappa shape index (κ1) is 13.7. The van der Waals surface area contributed by atoms with Crippen LogP contribution < -0.4 is 15.8 Å². The molecule has 0 amide bonds. The molecule has 2 rings (SSSR count). The first-order chi connectivity index (χ1) is 9.51. The normalized spacial score (nSPS) is 10.1. The highest BCUT2D eigenvalue weighted by Gasteiger charge is 2.09. The van der Waals surface area contributed by atoms with Gasteiger partial charge < -0.3 is 20.9 Å². The number of pyridine rings is 1. The van der Waals surface area contributed by atoms with Gasteiger partial charge in [0, 0.05) is 5.69 Å². The SMILES string of the molecule is COc1ccc(Nc2nc(C(=O)O)ccc2N)cc1C. The van der Waals surface area contributed by atoms with Crippen molar-refractivity contribution in [1.82, 2.24) is 4.98 Å². The van der Waals surface area contributed by atoms with E-state index in [0.717, 1.165) is 17.0 Å². The maximum Gasteiger partial charge on any atom is 0.354 e. The van der Waals surface area contributed by atoms with Gasteiger partial charge in [-0.3, -0.25) is 0 Å². The van der Waals surface area contributed by atoms with Gasteiger partial charge >= 0.3 is 5.97 Å². The summed E-state index contributed by atoms with van der Waals surface area (Å²) in [6.07, 6.45) is 0. The Kier molecular flexibility index (Phi) is 3.74. The van der Waals surface area contributed by atoms with E-state index in [4.69, 9.17) is 15.6 Å². The van der Waals surface area contributed by atoms with E-state index >= 15 is 0 Å². The van der Waals surface area contributed by atoms with E-state index in [-0.39, 0.29) is 5.69 Å². The maximum absolute atomic E-state index is 10.9. The zero-order valence-corrected chi connectivity index (χ0v) is 11.2. The Morgan fingerprint density at radius 3 is 2.70 bits per heavy atom. The van der Waals surface area contributed by atoms with Crippen molar-refractivity contribution in [2.75, 3.05) is 18.2 Å². The lowest BCUT2D eigenvalue weighted by atomic mass is 10.2. The number of methoxy groups -OCH3 is 1. The number of carboxylic acids is 1. The molecule has 1 aromatic carbocycles. The van der Waals surface area contributed by atoms with Crippen LogP contribution >= 0.6 is 0 Å². The second-order valence-corrected chi connectivity index (χ2v) is 4.25. The lowest BCUT2D eigenvalue weighted by molar-refractivity contribution is 0.0690. The number of nitrogens with one attached hydrogen (secondary N) is 1. The molecule has 0 saturated heterocycles. The van der Waals surface area contributed by atoms with Crippen molar-refractivity contribution >= 4 is 23.2 Å². The topological polar surface area (TPSA) is 97.5 Å². The molecule has 20 heavy (non-hydrogen) atoms. The van der Waals surface area contributed by atoms with Crippen LogP contribution in [0.25, 0.3) is 0 Å². The van der Waals surface area contributed by atoms with E-state index in [0.29, 0.717) is 11.5 Å². The van der Waals surface area contributed by atoms with Gasteiger partial charge in [-0.25, -0.2) is 9.78 Å². The highest BCUT2D eigenvalue weighted by molar-refractivity contribution is 5.87. The fourth-order valence-corrected chi connectivity index (χ4v) is 1.78. The van der Waals surface area contributed by atoms with Crippen LogP contribution in [0.2, 0.25) is 0 Å². The summed E-state index contributed by atoms with van der Waals surface area (Å²) < 4.78 is 5.18. The zero-order chi connectivity index (χ0) is 14.7. The van der Waals surface area contributed by atoms with E-state index in [1.165, 1.54) is 12.1 Å². The number of rotatable bonds is 4. The molecule has 0 aliphatic rings. The number of ether oxygens (including phenoxy) is 1. The van der Waals surface area contributed by atoms with Crippen LogP contribution in [-0.2, 0) is 0 Å². The number of carboxylic acid groups (broad SMARTS) is 1. The van der Waals surface area contributed by atoms with Gasteiger partial charge in [-0.15, -0.1) is 0 Å². The Hall–Kier alpha value is -2.76. The lowest BCUT2D eigenvalue weighted by Gasteiger charge is -2.11. The van der Waals surface area contributed by atoms with Crippen LogP contribution in [-0.4, -0.2) is 23.2 Å². The van der Waals surface area contributed by atoms with Crippen LogP contribution in [0.5, 0.6) is 5.75 Å². The molecule has 1 heterocycles. The predicted molar refractivity (Wildman–Crippen MR) is 76.6 cm³/mol. The highest BCUT2D eigenvalue weighted by atomic mass is 16.5. The second kappa shape index (κ2) is 5.48. The minimum atomic E-state index is -1.10. The standard InChI is InChI=1S/C14H15N3O3/c1-8-7-9(3-6-12(8)20-2)16-13-10(15)4-5-11(17-13)14(18)19/h3-7H,15H2,1-2H3,(H,16,17)(H,18,19). The van der Waals surface area contributed by atoms with E-state index in [1.807, 2.05) is 19.1 Å². The number of nitrogens with two attached hydrogens (primary N) is 1. The van der Waals surface area contributed by atoms with Gasteiger partial charge in [-0.1, -0.05) is 0 Å². The molecule has 6 heteroatoms. The van der Waals surface area contributed by atoms with Crippen molar-refractivity contribution in [1.29, 1.82) is 0 Å². The van der Waals surface area contributed by atoms with Gasteiger partial charge in [-0.05, 0) is 42.8 Å². The third kappa shape index (κ3) is 2.80. The summed E-state index contributed by atoms with van der Waals surface area (Å²) in [6, 6.07) is 8.36. The molecule has 0 aliphatic heterocycles. The molecule has 0 aliphatic carbocycles. The average molecular weight is 273 g/mol. The summed E-state index contributed by atoms with van der Waals surface area (Å²) in [5.41, 5.74) is 7.81. The van der Waals surface area contributed by atoms with Crippen molar-refractivity contribution in [3.8, 4) is 5.75 Å². The summed E-state index contributed by atoms with van der Waals surface area (Å²) in [5.74, 6) is -0.0100. The molecule has 0 bridgehead atoms.